The number of piperazine rings is 1. The molecular formula is C43H45F2N11O4. The predicted octanol–water partition coefficient (Wildman–Crippen LogP) is 4.99. The number of piperidine rings is 2. The number of aromatic nitrogens is 5. The van der Waals surface area contributed by atoms with Crippen LogP contribution in [0.1, 0.15) is 77.7 Å². The summed E-state index contributed by atoms with van der Waals surface area (Å²) in [7, 11) is 0. The number of fused-ring (bicyclic) bond motifs is 2. The number of benzene rings is 2. The molecule has 15 nitrogen and oxygen atoms in total. The molecule has 2 N–H and O–H groups in total. The lowest BCUT2D eigenvalue weighted by Crippen LogP contribution is -2.54. The summed E-state index contributed by atoms with van der Waals surface area (Å²) < 4.78 is 32.1. The van der Waals surface area contributed by atoms with Crippen molar-refractivity contribution < 1.29 is 28.0 Å². The molecule has 1 atom stereocenters. The number of amides is 4. The van der Waals surface area contributed by atoms with Crippen LogP contribution in [0.2, 0.25) is 0 Å². The first kappa shape index (κ1) is 39.3. The molecule has 3 aromatic heterocycles. The molecule has 0 spiro atoms. The van der Waals surface area contributed by atoms with Crippen LogP contribution in [0.25, 0.3) is 22.3 Å². The third kappa shape index (κ3) is 7.36. The van der Waals surface area contributed by atoms with Crippen molar-refractivity contribution in [2.45, 2.75) is 71.1 Å². The maximum atomic E-state index is 15.2. The lowest BCUT2D eigenvalue weighted by Gasteiger charge is -2.43. The molecular weight excluding hydrogens is 773 g/mol. The third-order valence-electron chi connectivity index (χ3n) is 12.1. The van der Waals surface area contributed by atoms with Gasteiger partial charge >= 0.3 is 0 Å². The molecule has 2 aromatic carbocycles. The molecule has 17 heteroatoms. The molecule has 1 unspecified atom stereocenters. The monoisotopic (exact) mass is 817 g/mol. The molecule has 7 heterocycles. The van der Waals surface area contributed by atoms with Gasteiger partial charge in [0.25, 0.3) is 11.8 Å². The molecule has 0 bridgehead atoms. The average Bonchev–Trinajstić information content (AvgIpc) is 3.71. The Hall–Kier alpha value is -6.20. The molecule has 3 saturated heterocycles. The minimum atomic E-state index is -0.979. The zero-order valence-corrected chi connectivity index (χ0v) is 33.6. The smallest absolute Gasteiger partial charge is 0.262 e. The highest BCUT2D eigenvalue weighted by Crippen LogP contribution is 2.32. The van der Waals surface area contributed by atoms with E-state index in [2.05, 4.69) is 45.3 Å². The minimum Gasteiger partial charge on any atom is -0.370 e. The Morgan fingerprint density at radius 2 is 1.60 bits per heavy atom. The number of rotatable bonds is 9. The first-order valence-corrected chi connectivity index (χ1v) is 20.4. The van der Waals surface area contributed by atoms with E-state index in [4.69, 9.17) is 0 Å². The van der Waals surface area contributed by atoms with Crippen LogP contribution < -0.4 is 15.5 Å². The summed E-state index contributed by atoms with van der Waals surface area (Å²) in [4.78, 5) is 76.2. The van der Waals surface area contributed by atoms with Crippen molar-refractivity contribution in [3.8, 4) is 11.3 Å². The van der Waals surface area contributed by atoms with Gasteiger partial charge in [-0.3, -0.25) is 39.2 Å². The number of aryl methyl sites for hydroxylation is 1. The van der Waals surface area contributed by atoms with Gasteiger partial charge in [0, 0.05) is 69.9 Å². The van der Waals surface area contributed by atoms with Crippen molar-refractivity contribution in [1.82, 2.24) is 44.5 Å². The van der Waals surface area contributed by atoms with E-state index in [0.29, 0.717) is 35.3 Å². The van der Waals surface area contributed by atoms with E-state index in [1.165, 1.54) is 6.07 Å². The average molecular weight is 818 g/mol. The second kappa shape index (κ2) is 15.8. The molecule has 9 rings (SSSR count). The molecule has 0 aliphatic carbocycles. The summed E-state index contributed by atoms with van der Waals surface area (Å²) in [6.45, 7) is 11.8. The number of hydrogen-bond donors (Lipinski definition) is 2. The van der Waals surface area contributed by atoms with Crippen molar-refractivity contribution in [3.05, 3.63) is 89.0 Å². The fourth-order valence-electron chi connectivity index (χ4n) is 9.10. The van der Waals surface area contributed by atoms with Gasteiger partial charge in [-0.05, 0) is 82.0 Å². The Labute approximate surface area is 344 Å². The molecule has 60 heavy (non-hydrogen) atoms. The Morgan fingerprint density at radius 1 is 0.833 bits per heavy atom. The van der Waals surface area contributed by atoms with Crippen molar-refractivity contribution in [2.75, 3.05) is 49.5 Å². The van der Waals surface area contributed by atoms with Gasteiger partial charge in [0.15, 0.2) is 11.6 Å². The molecule has 0 saturated carbocycles. The Morgan fingerprint density at radius 3 is 2.32 bits per heavy atom. The summed E-state index contributed by atoms with van der Waals surface area (Å²) >= 11 is 0. The third-order valence-corrected chi connectivity index (χ3v) is 12.1. The van der Waals surface area contributed by atoms with E-state index in [1.54, 1.807) is 24.4 Å². The van der Waals surface area contributed by atoms with E-state index in [9.17, 15) is 19.2 Å². The van der Waals surface area contributed by atoms with Gasteiger partial charge in [-0.1, -0.05) is 6.07 Å². The topological polar surface area (TPSA) is 162 Å². The zero-order valence-electron chi connectivity index (χ0n) is 33.6. The highest BCUT2D eigenvalue weighted by molar-refractivity contribution is 6.23. The zero-order chi connectivity index (χ0) is 41.8. The van der Waals surface area contributed by atoms with Gasteiger partial charge in [-0.2, -0.15) is 0 Å². The lowest BCUT2D eigenvalue weighted by atomic mass is 10.0. The van der Waals surface area contributed by atoms with E-state index in [0.717, 1.165) is 74.5 Å². The van der Waals surface area contributed by atoms with Crippen LogP contribution >= 0.6 is 0 Å². The molecule has 3 fully saturated rings. The standard InChI is InChI=1S/C43H45F2N11O4/c1-24(2)55-25(3)48-39-32(44)19-27(20-35(39)55)38-33(45)22-47-43(51-38)49-36-8-5-29(21-46-36)53-12-10-28(11-13-53)54-16-14-52(15-17-54)23-26-4-6-30-31(18-26)42(60)56(41(30)59)34-7-9-37(57)50-40(34)58/h4-6,8,18-22,24,28,34H,7,9-17,23H2,1-3H3,(H,50,57,58)(H,46,47,49,51). The molecule has 4 aliphatic heterocycles. The maximum absolute atomic E-state index is 15.2. The number of imidazole rings is 1. The quantitative estimate of drug-likeness (QED) is 0.192. The van der Waals surface area contributed by atoms with Crippen LogP contribution in [-0.2, 0) is 16.1 Å². The minimum absolute atomic E-state index is 0.0273. The Balaban J connectivity index is 0.767. The molecule has 4 aliphatic rings. The van der Waals surface area contributed by atoms with Crippen LogP contribution in [0.4, 0.5) is 26.2 Å². The SMILES string of the molecule is Cc1nc2c(F)cc(-c3nc(Nc4ccc(N5CCC(N6CCN(Cc7ccc8c(c7)C(=O)N(C7CCC(=O)NC7=O)C8=O)CC6)CC5)cn4)ncc3F)cc2n1C(C)C. The largest absolute Gasteiger partial charge is 0.370 e. The highest BCUT2D eigenvalue weighted by atomic mass is 19.1. The first-order valence-electron chi connectivity index (χ1n) is 20.4. The van der Waals surface area contributed by atoms with Crippen LogP contribution in [-0.4, -0.2) is 114 Å². The van der Waals surface area contributed by atoms with Crippen molar-refractivity contribution >= 4 is 52.1 Å². The van der Waals surface area contributed by atoms with Gasteiger partial charge in [0.1, 0.15) is 28.9 Å². The second-order valence-corrected chi connectivity index (χ2v) is 16.2. The molecule has 0 radical (unpaired) electrons. The van der Waals surface area contributed by atoms with Crippen LogP contribution in [0.5, 0.6) is 0 Å². The van der Waals surface area contributed by atoms with Crippen molar-refractivity contribution in [1.29, 1.82) is 0 Å². The van der Waals surface area contributed by atoms with Crippen molar-refractivity contribution in [3.63, 3.8) is 0 Å². The number of carbonyl (C=O) groups is 4. The van der Waals surface area contributed by atoms with E-state index in [-0.39, 0.29) is 47.2 Å². The predicted molar refractivity (Wildman–Crippen MR) is 219 cm³/mol. The summed E-state index contributed by atoms with van der Waals surface area (Å²) in [5, 5.41) is 5.30. The van der Waals surface area contributed by atoms with Gasteiger partial charge in [0.05, 0.1) is 34.7 Å². The Bertz CT molecular complexity index is 2530. The number of pyridine rings is 1. The van der Waals surface area contributed by atoms with Gasteiger partial charge in [-0.25, -0.2) is 28.7 Å². The van der Waals surface area contributed by atoms with Gasteiger partial charge < -0.3 is 14.8 Å². The number of carbonyl (C=O) groups excluding carboxylic acids is 4. The van der Waals surface area contributed by atoms with E-state index < -0.39 is 41.3 Å². The van der Waals surface area contributed by atoms with E-state index in [1.807, 2.05) is 43.5 Å². The Kier molecular flexibility index (Phi) is 10.3. The number of nitrogens with zero attached hydrogens (tertiary/aromatic N) is 9. The fraction of sp³-hybridized carbons (Fsp3) is 0.395. The second-order valence-electron chi connectivity index (χ2n) is 16.2. The number of hydrogen-bond acceptors (Lipinski definition) is 12. The number of nitrogens with one attached hydrogen (secondary N) is 2. The summed E-state index contributed by atoms with van der Waals surface area (Å²) in [6, 6.07) is 11.6. The summed E-state index contributed by atoms with van der Waals surface area (Å²) in [6.07, 6.45) is 5.12. The molecule has 4 amide bonds. The number of halogens is 2. The maximum Gasteiger partial charge on any atom is 0.262 e. The number of anilines is 3. The van der Waals surface area contributed by atoms with Gasteiger partial charge in [0.2, 0.25) is 17.8 Å². The fourth-order valence-corrected chi connectivity index (χ4v) is 9.10. The van der Waals surface area contributed by atoms with Crippen molar-refractivity contribution in [2.24, 2.45) is 0 Å². The molecule has 310 valence electrons. The molecule has 5 aromatic rings. The first-order chi connectivity index (χ1) is 28.9. The van der Waals surface area contributed by atoms with Gasteiger partial charge in [-0.15, -0.1) is 0 Å². The van der Waals surface area contributed by atoms with Crippen LogP contribution in [0.3, 0.4) is 0 Å². The highest BCUT2D eigenvalue weighted by Gasteiger charge is 2.44. The summed E-state index contributed by atoms with van der Waals surface area (Å²) in [5.74, 6) is -1.91. The lowest BCUT2D eigenvalue weighted by molar-refractivity contribution is -0.136. The normalized spacial score (nSPS) is 19.5. The van der Waals surface area contributed by atoms with E-state index >= 15 is 8.78 Å². The van der Waals surface area contributed by atoms with Crippen LogP contribution in [0, 0.1) is 18.6 Å². The van der Waals surface area contributed by atoms with Crippen LogP contribution in [0.15, 0.2) is 54.9 Å². The summed E-state index contributed by atoms with van der Waals surface area (Å²) in [5.41, 5.74) is 3.59. The number of imide groups is 2.